The first kappa shape index (κ1) is 17.4. The van der Waals surface area contributed by atoms with Crippen LogP contribution in [0.1, 0.15) is 29.7 Å². The number of fused-ring (bicyclic) bond motifs is 1. The second-order valence-electron chi connectivity index (χ2n) is 6.59. The number of hydrazine groups is 1. The molecule has 7 heteroatoms. The average Bonchev–Trinajstić information content (AvgIpc) is 3.21. The van der Waals surface area contributed by atoms with Gasteiger partial charge in [-0.15, -0.1) is 22.6 Å². The predicted octanol–water partition coefficient (Wildman–Crippen LogP) is 1.38. The van der Waals surface area contributed by atoms with Crippen LogP contribution >= 0.6 is 12.4 Å². The number of nitrogens with one attached hydrogen (secondary N) is 3. The van der Waals surface area contributed by atoms with Crippen LogP contribution in [0.4, 0.5) is 0 Å². The van der Waals surface area contributed by atoms with Crippen molar-refractivity contribution in [1.29, 1.82) is 0 Å². The number of hydrogen-bond acceptors (Lipinski definition) is 5. The molecule has 0 bridgehead atoms. The van der Waals surface area contributed by atoms with Gasteiger partial charge in [0.15, 0.2) is 0 Å². The first-order valence-corrected chi connectivity index (χ1v) is 8.46. The summed E-state index contributed by atoms with van der Waals surface area (Å²) in [5, 5.41) is 12.2. The number of rotatable bonds is 4. The molecule has 2 aromatic rings. The minimum absolute atomic E-state index is 0. The van der Waals surface area contributed by atoms with Gasteiger partial charge in [0.25, 0.3) is 0 Å². The molecule has 6 nitrogen and oxygen atoms in total. The molecular formula is C17H25ClN6. The minimum Gasteiger partial charge on any atom is -0.314 e. The van der Waals surface area contributed by atoms with Crippen molar-refractivity contribution in [1.82, 2.24) is 30.9 Å². The van der Waals surface area contributed by atoms with E-state index < -0.39 is 0 Å². The van der Waals surface area contributed by atoms with E-state index in [1.165, 1.54) is 5.56 Å². The Morgan fingerprint density at radius 2 is 2.08 bits per heavy atom. The molecule has 2 aliphatic heterocycles. The summed E-state index contributed by atoms with van der Waals surface area (Å²) in [5.74, 6) is 2.71. The van der Waals surface area contributed by atoms with Crippen LogP contribution < -0.4 is 16.2 Å². The highest BCUT2D eigenvalue weighted by Crippen LogP contribution is 2.24. The van der Waals surface area contributed by atoms with Crippen LogP contribution in [-0.4, -0.2) is 33.9 Å². The summed E-state index contributed by atoms with van der Waals surface area (Å²) < 4.78 is 2.25. The van der Waals surface area contributed by atoms with Crippen LogP contribution in [-0.2, 0) is 13.0 Å². The van der Waals surface area contributed by atoms with Gasteiger partial charge in [-0.25, -0.2) is 5.43 Å². The SMILES string of the molecule is Cc1nnc2n1CC(NCC1CNNC1c1ccccc1)CC2.Cl. The van der Waals surface area contributed by atoms with Crippen molar-refractivity contribution in [3.05, 3.63) is 47.5 Å². The van der Waals surface area contributed by atoms with Gasteiger partial charge < -0.3 is 9.88 Å². The first-order valence-electron chi connectivity index (χ1n) is 8.46. The van der Waals surface area contributed by atoms with Crippen molar-refractivity contribution in [2.75, 3.05) is 13.1 Å². The largest absolute Gasteiger partial charge is 0.314 e. The molecule has 0 radical (unpaired) electrons. The Hall–Kier alpha value is -1.47. The van der Waals surface area contributed by atoms with Gasteiger partial charge in [-0.3, -0.25) is 5.43 Å². The summed E-state index contributed by atoms with van der Waals surface area (Å²) in [5.41, 5.74) is 8.08. The van der Waals surface area contributed by atoms with Crippen molar-refractivity contribution in [2.45, 2.75) is 38.4 Å². The third-order valence-electron chi connectivity index (χ3n) is 5.05. The van der Waals surface area contributed by atoms with E-state index >= 15 is 0 Å². The summed E-state index contributed by atoms with van der Waals surface area (Å²) in [6, 6.07) is 11.6. The van der Waals surface area contributed by atoms with Gasteiger partial charge in [-0.1, -0.05) is 30.3 Å². The van der Waals surface area contributed by atoms with E-state index in [0.29, 0.717) is 18.0 Å². The van der Waals surface area contributed by atoms with E-state index in [-0.39, 0.29) is 12.4 Å². The molecule has 3 unspecified atom stereocenters. The molecule has 0 aliphatic carbocycles. The standard InChI is InChI=1S/C17H24N6.ClH/c1-12-20-21-16-8-7-15(11-23(12)16)18-9-14-10-19-22-17(14)13-5-3-2-4-6-13;/h2-6,14-15,17-19,22H,7-11H2,1H3;1H. The second kappa shape index (κ2) is 7.61. The smallest absolute Gasteiger partial charge is 0.133 e. The van der Waals surface area contributed by atoms with Gasteiger partial charge in [-0.05, 0) is 18.9 Å². The summed E-state index contributed by atoms with van der Waals surface area (Å²) in [7, 11) is 0. The van der Waals surface area contributed by atoms with Crippen molar-refractivity contribution in [3.8, 4) is 0 Å². The van der Waals surface area contributed by atoms with E-state index in [4.69, 9.17) is 0 Å². The summed E-state index contributed by atoms with van der Waals surface area (Å²) in [4.78, 5) is 0. The number of benzene rings is 1. The predicted molar refractivity (Wildman–Crippen MR) is 95.9 cm³/mol. The highest BCUT2D eigenvalue weighted by molar-refractivity contribution is 5.85. The molecule has 1 aromatic heterocycles. The van der Waals surface area contributed by atoms with E-state index in [0.717, 1.165) is 44.1 Å². The quantitative estimate of drug-likeness (QED) is 0.779. The molecule has 0 amide bonds. The van der Waals surface area contributed by atoms with Gasteiger partial charge >= 0.3 is 0 Å². The van der Waals surface area contributed by atoms with E-state index in [2.05, 4.69) is 61.3 Å². The van der Waals surface area contributed by atoms with Gasteiger partial charge in [0.05, 0.1) is 6.04 Å². The lowest BCUT2D eigenvalue weighted by Crippen LogP contribution is -2.41. The fraction of sp³-hybridized carbons (Fsp3) is 0.529. The van der Waals surface area contributed by atoms with E-state index in [1.807, 2.05) is 6.92 Å². The number of nitrogens with zero attached hydrogens (tertiary/aromatic N) is 3. The fourth-order valence-electron chi connectivity index (χ4n) is 3.69. The third-order valence-corrected chi connectivity index (χ3v) is 5.05. The molecule has 2 aliphatic rings. The van der Waals surface area contributed by atoms with Crippen LogP contribution in [0.2, 0.25) is 0 Å². The van der Waals surface area contributed by atoms with Crippen LogP contribution in [0.15, 0.2) is 30.3 Å². The Morgan fingerprint density at radius 3 is 2.92 bits per heavy atom. The maximum Gasteiger partial charge on any atom is 0.133 e. The molecule has 0 saturated carbocycles. The zero-order chi connectivity index (χ0) is 15.6. The zero-order valence-corrected chi connectivity index (χ0v) is 14.7. The molecular weight excluding hydrogens is 324 g/mol. The van der Waals surface area contributed by atoms with Crippen LogP contribution in [0, 0.1) is 12.8 Å². The molecule has 3 heterocycles. The first-order chi connectivity index (χ1) is 11.3. The molecule has 3 N–H and O–H groups in total. The van der Waals surface area contributed by atoms with Crippen molar-refractivity contribution < 1.29 is 0 Å². The molecule has 24 heavy (non-hydrogen) atoms. The monoisotopic (exact) mass is 348 g/mol. The Kier molecular flexibility index (Phi) is 5.50. The lowest BCUT2D eigenvalue weighted by molar-refractivity contribution is 0.341. The Balaban J connectivity index is 0.00000169. The molecule has 0 spiro atoms. The zero-order valence-electron chi connectivity index (χ0n) is 13.9. The second-order valence-corrected chi connectivity index (χ2v) is 6.59. The van der Waals surface area contributed by atoms with Gasteiger partial charge in [0, 0.05) is 38.0 Å². The van der Waals surface area contributed by atoms with Crippen molar-refractivity contribution in [2.24, 2.45) is 5.92 Å². The summed E-state index contributed by atoms with van der Waals surface area (Å²) >= 11 is 0. The Bertz CT molecular complexity index is 658. The molecule has 3 atom stereocenters. The number of aryl methyl sites for hydroxylation is 2. The normalized spacial score (nSPS) is 26.0. The van der Waals surface area contributed by atoms with Crippen molar-refractivity contribution >= 4 is 12.4 Å². The van der Waals surface area contributed by atoms with Crippen LogP contribution in [0.5, 0.6) is 0 Å². The number of aromatic nitrogens is 3. The van der Waals surface area contributed by atoms with Crippen molar-refractivity contribution in [3.63, 3.8) is 0 Å². The molecule has 1 fully saturated rings. The maximum atomic E-state index is 4.25. The topological polar surface area (TPSA) is 66.8 Å². The van der Waals surface area contributed by atoms with Crippen LogP contribution in [0.25, 0.3) is 0 Å². The van der Waals surface area contributed by atoms with Gasteiger partial charge in [0.2, 0.25) is 0 Å². The van der Waals surface area contributed by atoms with Gasteiger partial charge in [-0.2, -0.15) is 0 Å². The maximum absolute atomic E-state index is 4.25. The average molecular weight is 349 g/mol. The third kappa shape index (κ3) is 3.47. The van der Waals surface area contributed by atoms with Gasteiger partial charge in [0.1, 0.15) is 11.6 Å². The molecule has 4 rings (SSSR count). The number of halogens is 1. The lowest BCUT2D eigenvalue weighted by atomic mass is 9.94. The Morgan fingerprint density at radius 1 is 1.25 bits per heavy atom. The minimum atomic E-state index is 0. The highest BCUT2D eigenvalue weighted by atomic mass is 35.5. The summed E-state index contributed by atoms with van der Waals surface area (Å²) in [6.07, 6.45) is 2.16. The fourth-order valence-corrected chi connectivity index (χ4v) is 3.69. The molecule has 130 valence electrons. The van der Waals surface area contributed by atoms with Crippen LogP contribution in [0.3, 0.4) is 0 Å². The Labute approximate surface area is 148 Å². The highest BCUT2D eigenvalue weighted by Gasteiger charge is 2.29. The lowest BCUT2D eigenvalue weighted by Gasteiger charge is -2.27. The van der Waals surface area contributed by atoms with E-state index in [9.17, 15) is 0 Å². The summed E-state index contributed by atoms with van der Waals surface area (Å²) in [6.45, 7) is 5.03. The van der Waals surface area contributed by atoms with E-state index in [1.54, 1.807) is 0 Å². The molecule has 1 aromatic carbocycles. The molecule has 1 saturated heterocycles. The number of hydrogen-bond donors (Lipinski definition) is 3.